The second kappa shape index (κ2) is 7.22. The second-order valence-corrected chi connectivity index (χ2v) is 6.22. The highest BCUT2D eigenvalue weighted by Crippen LogP contribution is 2.30. The van der Waals surface area contributed by atoms with E-state index in [2.05, 4.69) is 11.8 Å². The number of piperidine rings is 1. The molecule has 2 heterocycles. The molecule has 0 unspecified atom stereocenters. The lowest BCUT2D eigenvalue weighted by molar-refractivity contribution is 0.139. The number of hydrogen-bond donors (Lipinski definition) is 1. The van der Waals surface area contributed by atoms with Gasteiger partial charge in [-0.25, -0.2) is 4.98 Å². The summed E-state index contributed by atoms with van der Waals surface area (Å²) in [6.45, 7) is 5.24. The first-order valence-electron chi connectivity index (χ1n) is 7.11. The molecule has 19 heavy (non-hydrogen) atoms. The fourth-order valence-electron chi connectivity index (χ4n) is 2.59. The first-order chi connectivity index (χ1) is 9.28. The Morgan fingerprint density at radius 3 is 2.74 bits per heavy atom. The normalized spacial score (nSPS) is 17.1. The first kappa shape index (κ1) is 14.8. The van der Waals surface area contributed by atoms with Gasteiger partial charge in [-0.15, -0.1) is 0 Å². The summed E-state index contributed by atoms with van der Waals surface area (Å²) < 4.78 is 5.23. The van der Waals surface area contributed by atoms with E-state index in [0.29, 0.717) is 5.92 Å². The molecule has 1 N–H and O–H groups in total. The molecule has 5 heteroatoms. The fraction of sp³-hybridized carbons (Fsp3) is 0.786. The number of rotatable bonds is 6. The molecule has 0 bridgehead atoms. The third-order valence-electron chi connectivity index (χ3n) is 3.68. The molecule has 0 amide bonds. The van der Waals surface area contributed by atoms with Gasteiger partial charge in [-0.2, -0.15) is 0 Å². The van der Waals surface area contributed by atoms with Crippen LogP contribution in [0.1, 0.15) is 36.8 Å². The van der Waals surface area contributed by atoms with Crippen molar-refractivity contribution in [1.29, 1.82) is 0 Å². The van der Waals surface area contributed by atoms with Gasteiger partial charge in [0.05, 0.1) is 17.2 Å². The molecule has 0 aliphatic carbocycles. The quantitative estimate of drug-likeness (QED) is 0.871. The van der Waals surface area contributed by atoms with Crippen molar-refractivity contribution in [2.45, 2.75) is 39.2 Å². The fourth-order valence-corrected chi connectivity index (χ4v) is 3.61. The molecule has 1 aliphatic heterocycles. The maximum Gasteiger partial charge on any atom is 0.185 e. The van der Waals surface area contributed by atoms with E-state index in [1.165, 1.54) is 12.8 Å². The van der Waals surface area contributed by atoms with Gasteiger partial charge in [0.2, 0.25) is 0 Å². The summed E-state index contributed by atoms with van der Waals surface area (Å²) in [5.41, 5.74) is 1.09. The average Bonchev–Trinajstić information content (AvgIpc) is 2.84. The predicted molar refractivity (Wildman–Crippen MR) is 78.8 cm³/mol. The van der Waals surface area contributed by atoms with Gasteiger partial charge in [0, 0.05) is 26.8 Å². The van der Waals surface area contributed by atoms with E-state index in [4.69, 9.17) is 9.72 Å². The zero-order valence-corrected chi connectivity index (χ0v) is 12.7. The smallest absolute Gasteiger partial charge is 0.185 e. The number of ether oxygens (including phenoxy) is 1. The van der Waals surface area contributed by atoms with Crippen LogP contribution in [-0.4, -0.2) is 36.9 Å². The number of anilines is 1. The molecule has 1 aromatic rings. The van der Waals surface area contributed by atoms with Crippen molar-refractivity contribution in [1.82, 2.24) is 4.98 Å². The molecule has 1 aliphatic rings. The molecule has 2 rings (SSSR count). The zero-order valence-electron chi connectivity index (χ0n) is 11.9. The molecule has 108 valence electrons. The van der Waals surface area contributed by atoms with Gasteiger partial charge >= 0.3 is 0 Å². The number of methoxy groups -OCH3 is 1. The van der Waals surface area contributed by atoms with Gasteiger partial charge in [-0.1, -0.05) is 24.7 Å². The van der Waals surface area contributed by atoms with E-state index in [1.807, 2.05) is 0 Å². The Balaban J connectivity index is 1.99. The van der Waals surface area contributed by atoms with Crippen LogP contribution < -0.4 is 4.90 Å². The van der Waals surface area contributed by atoms with Gasteiger partial charge in [-0.3, -0.25) is 0 Å². The average molecular weight is 284 g/mol. The minimum atomic E-state index is 0.118. The predicted octanol–water partition coefficient (Wildman–Crippen LogP) is 2.45. The molecule has 0 radical (unpaired) electrons. The third kappa shape index (κ3) is 3.68. The van der Waals surface area contributed by atoms with Crippen LogP contribution in [0.5, 0.6) is 0 Å². The molecule has 0 atom stereocenters. The largest absolute Gasteiger partial charge is 0.391 e. The molecular formula is C14H24N2O2S. The minimum Gasteiger partial charge on any atom is -0.391 e. The number of hydrogen-bond acceptors (Lipinski definition) is 5. The molecular weight excluding hydrogens is 260 g/mol. The topological polar surface area (TPSA) is 45.6 Å². The van der Waals surface area contributed by atoms with Crippen molar-refractivity contribution in [3.63, 3.8) is 0 Å². The Labute approximate surface area is 119 Å². The van der Waals surface area contributed by atoms with Crippen molar-refractivity contribution in [2.24, 2.45) is 5.92 Å². The van der Waals surface area contributed by atoms with Crippen LogP contribution in [0.2, 0.25) is 0 Å². The van der Waals surface area contributed by atoms with E-state index in [1.54, 1.807) is 18.4 Å². The van der Waals surface area contributed by atoms with E-state index < -0.39 is 0 Å². The molecule has 0 aromatic carbocycles. The van der Waals surface area contributed by atoms with Gasteiger partial charge in [0.15, 0.2) is 5.13 Å². The van der Waals surface area contributed by atoms with Crippen molar-refractivity contribution >= 4 is 16.5 Å². The van der Waals surface area contributed by atoms with E-state index in [-0.39, 0.29) is 6.61 Å². The highest BCUT2D eigenvalue weighted by atomic mass is 32.1. The van der Waals surface area contributed by atoms with E-state index >= 15 is 0 Å². The van der Waals surface area contributed by atoms with Gasteiger partial charge in [0.25, 0.3) is 0 Å². The van der Waals surface area contributed by atoms with Crippen molar-refractivity contribution in [3.8, 4) is 0 Å². The molecule has 4 nitrogen and oxygen atoms in total. The Bertz CT molecular complexity index is 387. The van der Waals surface area contributed by atoms with Crippen LogP contribution in [0.25, 0.3) is 0 Å². The maximum atomic E-state index is 9.40. The van der Waals surface area contributed by atoms with Gasteiger partial charge in [0.1, 0.15) is 0 Å². The summed E-state index contributed by atoms with van der Waals surface area (Å²) in [7, 11) is 1.78. The SMILES string of the molecule is CCCc1nc(N2CCC(COC)CC2)sc1CO. The van der Waals surface area contributed by atoms with Crippen LogP contribution in [0.3, 0.4) is 0 Å². The zero-order chi connectivity index (χ0) is 13.7. The summed E-state index contributed by atoms with van der Waals surface area (Å²) >= 11 is 1.65. The summed E-state index contributed by atoms with van der Waals surface area (Å²) in [5, 5.41) is 10.5. The Morgan fingerprint density at radius 1 is 1.42 bits per heavy atom. The molecule has 0 spiro atoms. The molecule has 1 fully saturated rings. The van der Waals surface area contributed by atoms with Crippen molar-refractivity contribution in [2.75, 3.05) is 31.7 Å². The van der Waals surface area contributed by atoms with Crippen LogP contribution in [0.4, 0.5) is 5.13 Å². The number of aryl methyl sites for hydroxylation is 1. The third-order valence-corrected chi connectivity index (χ3v) is 4.83. The summed E-state index contributed by atoms with van der Waals surface area (Å²) in [6.07, 6.45) is 4.38. The maximum absolute atomic E-state index is 9.40. The van der Waals surface area contributed by atoms with Gasteiger partial charge < -0.3 is 14.7 Å². The van der Waals surface area contributed by atoms with Crippen molar-refractivity contribution in [3.05, 3.63) is 10.6 Å². The van der Waals surface area contributed by atoms with E-state index in [0.717, 1.165) is 48.2 Å². The minimum absolute atomic E-state index is 0.118. The van der Waals surface area contributed by atoms with Crippen LogP contribution in [0.15, 0.2) is 0 Å². The summed E-state index contributed by atoms with van der Waals surface area (Å²) in [5.74, 6) is 0.689. The second-order valence-electron chi connectivity index (χ2n) is 5.16. The lowest BCUT2D eigenvalue weighted by Crippen LogP contribution is -2.34. The highest BCUT2D eigenvalue weighted by Gasteiger charge is 2.22. The number of nitrogens with zero attached hydrogens (tertiary/aromatic N) is 2. The Hall–Kier alpha value is -0.650. The lowest BCUT2D eigenvalue weighted by Gasteiger charge is -2.31. The number of aromatic nitrogens is 1. The van der Waals surface area contributed by atoms with Crippen LogP contribution in [-0.2, 0) is 17.8 Å². The Morgan fingerprint density at radius 2 is 2.16 bits per heavy atom. The summed E-state index contributed by atoms with van der Waals surface area (Å²) in [6, 6.07) is 0. The number of thiazole rings is 1. The van der Waals surface area contributed by atoms with Crippen molar-refractivity contribution < 1.29 is 9.84 Å². The Kier molecular flexibility index (Phi) is 5.60. The first-order valence-corrected chi connectivity index (χ1v) is 7.93. The monoisotopic (exact) mass is 284 g/mol. The standard InChI is InChI=1S/C14H24N2O2S/c1-3-4-12-13(9-17)19-14(15-12)16-7-5-11(6-8-16)10-18-2/h11,17H,3-10H2,1-2H3. The highest BCUT2D eigenvalue weighted by molar-refractivity contribution is 7.15. The molecule has 1 saturated heterocycles. The van der Waals surface area contributed by atoms with E-state index in [9.17, 15) is 5.11 Å². The molecule has 0 saturated carbocycles. The number of aliphatic hydroxyl groups is 1. The number of aliphatic hydroxyl groups excluding tert-OH is 1. The van der Waals surface area contributed by atoms with Crippen LogP contribution >= 0.6 is 11.3 Å². The van der Waals surface area contributed by atoms with Crippen LogP contribution in [0, 0.1) is 5.92 Å². The summed E-state index contributed by atoms with van der Waals surface area (Å²) in [4.78, 5) is 8.11. The lowest BCUT2D eigenvalue weighted by atomic mass is 9.98. The molecule has 1 aromatic heterocycles. The van der Waals surface area contributed by atoms with Gasteiger partial charge in [-0.05, 0) is 25.2 Å².